The minimum Gasteiger partial charge on any atom is -0.335 e. The van der Waals surface area contributed by atoms with Crippen LogP contribution in [0.25, 0.3) is 10.8 Å². The Labute approximate surface area is 321 Å². The van der Waals surface area contributed by atoms with E-state index in [4.69, 9.17) is 12.2 Å². The van der Waals surface area contributed by atoms with Gasteiger partial charge in [-0.25, -0.2) is 0 Å². The number of thiocarbonyl (C=S) groups is 1. The SMILES string of the molecule is CCCCCCCN1C(=O)/C(=C/C=C/C=C2\Sc3cc4ccccc4cc3N2CCC(C)S(=O)(=O)O)N(c2ccccc2)C1=S.CCN(CC)CC. The molecule has 8 nitrogen and oxygen atoms in total. The number of rotatable bonds is 16. The second-order valence-corrected chi connectivity index (χ2v) is 16.2. The van der Waals surface area contributed by atoms with Gasteiger partial charge in [0.05, 0.1) is 16.0 Å². The molecule has 11 heteroatoms. The summed E-state index contributed by atoms with van der Waals surface area (Å²) < 4.78 is 33.0. The van der Waals surface area contributed by atoms with Gasteiger partial charge in [0.25, 0.3) is 16.0 Å². The molecule has 1 amide bonds. The molecule has 0 spiro atoms. The van der Waals surface area contributed by atoms with Crippen LogP contribution in [0.4, 0.5) is 11.4 Å². The number of anilines is 2. The van der Waals surface area contributed by atoms with Crippen molar-refractivity contribution >= 4 is 67.3 Å². The van der Waals surface area contributed by atoms with Crippen LogP contribution in [0.3, 0.4) is 0 Å². The first-order valence-corrected chi connectivity index (χ1v) is 21.2. The summed E-state index contributed by atoms with van der Waals surface area (Å²) >= 11 is 7.43. The van der Waals surface area contributed by atoms with E-state index >= 15 is 0 Å². The van der Waals surface area contributed by atoms with Crippen molar-refractivity contribution in [2.45, 2.75) is 83.3 Å². The molecule has 3 aromatic carbocycles. The van der Waals surface area contributed by atoms with Crippen molar-refractivity contribution in [3.63, 3.8) is 0 Å². The van der Waals surface area contributed by atoms with Crippen LogP contribution in [0.5, 0.6) is 0 Å². The van der Waals surface area contributed by atoms with E-state index < -0.39 is 15.4 Å². The van der Waals surface area contributed by atoms with Gasteiger partial charge in [-0.2, -0.15) is 8.42 Å². The summed E-state index contributed by atoms with van der Waals surface area (Å²) in [6.45, 7) is 14.8. The van der Waals surface area contributed by atoms with Crippen LogP contribution in [0.1, 0.15) is 73.1 Å². The van der Waals surface area contributed by atoms with Crippen molar-refractivity contribution in [1.82, 2.24) is 9.80 Å². The molecular formula is C41H54N4O4S3. The van der Waals surface area contributed by atoms with Gasteiger partial charge in [-0.1, -0.05) is 120 Å². The fraction of sp³-hybridized carbons (Fsp3) is 0.415. The minimum absolute atomic E-state index is 0.105. The average molecular weight is 763 g/mol. The Balaban J connectivity index is 0.000000785. The number of unbranched alkanes of at least 4 members (excludes halogenated alkanes) is 4. The highest BCUT2D eigenvalue weighted by atomic mass is 32.2. The van der Waals surface area contributed by atoms with Crippen LogP contribution in [-0.4, -0.2) is 71.8 Å². The maximum Gasteiger partial charge on any atom is 0.277 e. The molecule has 0 bridgehead atoms. The van der Waals surface area contributed by atoms with Gasteiger partial charge < -0.3 is 9.80 Å². The Morgan fingerprint density at radius 2 is 1.44 bits per heavy atom. The van der Waals surface area contributed by atoms with E-state index in [9.17, 15) is 17.8 Å². The first-order valence-electron chi connectivity index (χ1n) is 18.5. The van der Waals surface area contributed by atoms with Crippen LogP contribution in [0.2, 0.25) is 0 Å². The molecule has 0 radical (unpaired) electrons. The van der Waals surface area contributed by atoms with Gasteiger partial charge in [0.1, 0.15) is 5.70 Å². The second kappa shape index (κ2) is 20.1. The molecule has 2 aliphatic rings. The van der Waals surface area contributed by atoms with Crippen molar-refractivity contribution in [3.05, 3.63) is 102 Å². The van der Waals surface area contributed by atoms with E-state index in [1.807, 2.05) is 71.7 Å². The van der Waals surface area contributed by atoms with Crippen molar-refractivity contribution in [3.8, 4) is 0 Å². The van der Waals surface area contributed by atoms with Gasteiger partial charge in [-0.05, 0) is 98.8 Å². The summed E-state index contributed by atoms with van der Waals surface area (Å²) in [7, 11) is -4.13. The predicted molar refractivity (Wildman–Crippen MR) is 224 cm³/mol. The van der Waals surface area contributed by atoms with Crippen LogP contribution < -0.4 is 9.80 Å². The third kappa shape index (κ3) is 10.8. The summed E-state index contributed by atoms with van der Waals surface area (Å²) in [4.78, 5) is 22.7. The summed E-state index contributed by atoms with van der Waals surface area (Å²) in [5.74, 6) is -0.105. The number of carbonyl (C=O) groups excluding carboxylic acids is 1. The fourth-order valence-corrected chi connectivity index (χ4v) is 8.06. The molecule has 1 fully saturated rings. The number of allylic oxidation sites excluding steroid dienone is 4. The summed E-state index contributed by atoms with van der Waals surface area (Å²) in [5, 5.41) is 2.76. The highest BCUT2D eigenvalue weighted by molar-refractivity contribution is 8.03. The number of carbonyl (C=O) groups is 1. The largest absolute Gasteiger partial charge is 0.335 e. The van der Waals surface area contributed by atoms with Crippen molar-refractivity contribution in [1.29, 1.82) is 0 Å². The second-order valence-electron chi connectivity index (χ2n) is 12.9. The number of hydrogen-bond acceptors (Lipinski definition) is 7. The Morgan fingerprint density at radius 1 is 0.827 bits per heavy atom. The number of benzene rings is 3. The quantitative estimate of drug-likeness (QED) is 0.0664. The number of fused-ring (bicyclic) bond motifs is 2. The molecule has 1 unspecified atom stereocenters. The molecule has 0 aliphatic carbocycles. The van der Waals surface area contributed by atoms with Gasteiger partial charge in [0, 0.05) is 23.7 Å². The van der Waals surface area contributed by atoms with Crippen molar-refractivity contribution in [2.24, 2.45) is 0 Å². The van der Waals surface area contributed by atoms with E-state index in [-0.39, 0.29) is 12.3 Å². The van der Waals surface area contributed by atoms with E-state index in [1.165, 1.54) is 39.4 Å². The summed E-state index contributed by atoms with van der Waals surface area (Å²) in [5.41, 5.74) is 2.34. The molecule has 3 aromatic rings. The molecule has 5 rings (SSSR count). The van der Waals surface area contributed by atoms with Crippen LogP contribution in [-0.2, 0) is 14.9 Å². The molecule has 2 heterocycles. The number of hydrogen-bond donors (Lipinski definition) is 1. The van der Waals surface area contributed by atoms with E-state index in [0.29, 0.717) is 23.9 Å². The predicted octanol–water partition coefficient (Wildman–Crippen LogP) is 9.65. The minimum atomic E-state index is -4.13. The zero-order valence-electron chi connectivity index (χ0n) is 31.2. The highest BCUT2D eigenvalue weighted by Gasteiger charge is 2.38. The zero-order valence-corrected chi connectivity index (χ0v) is 33.7. The van der Waals surface area contributed by atoms with Crippen LogP contribution >= 0.6 is 24.0 Å². The van der Waals surface area contributed by atoms with E-state index in [2.05, 4.69) is 61.8 Å². The lowest BCUT2D eigenvalue weighted by Gasteiger charge is -2.22. The Morgan fingerprint density at radius 3 is 2.06 bits per heavy atom. The highest BCUT2D eigenvalue weighted by Crippen LogP contribution is 2.48. The lowest BCUT2D eigenvalue weighted by atomic mass is 10.1. The molecule has 2 aliphatic heterocycles. The Bertz CT molecular complexity index is 1850. The standard InChI is InChI=1S/C35H39N3O4S3.C6H15N/c1-3-4-5-6-14-22-37-34(39)30(38(35(37)43)29-17-8-7-9-18-29)19-12-13-20-33-36(23-21-26(2)45(40,41)42)31-24-27-15-10-11-16-28(27)25-32(31)44-33;1-4-7(5-2)6-3/h7-13,15-20,24-26H,3-6,14,21-23H2,1-2H3,(H,40,41,42);4-6H2,1-3H3/b13-12+,30-19-,33-20-;. The van der Waals surface area contributed by atoms with Gasteiger partial charge >= 0.3 is 0 Å². The lowest BCUT2D eigenvalue weighted by Crippen LogP contribution is -2.33. The number of thioether (sulfide) groups is 1. The van der Waals surface area contributed by atoms with E-state index in [0.717, 1.165) is 51.3 Å². The lowest BCUT2D eigenvalue weighted by molar-refractivity contribution is -0.122. The monoisotopic (exact) mass is 762 g/mol. The van der Waals surface area contributed by atoms with E-state index in [1.54, 1.807) is 16.7 Å². The summed E-state index contributed by atoms with van der Waals surface area (Å²) in [6, 6.07) is 22.1. The van der Waals surface area contributed by atoms with Gasteiger partial charge in [0.2, 0.25) is 0 Å². The number of nitrogens with zero attached hydrogens (tertiary/aromatic N) is 4. The molecule has 1 N–H and O–H groups in total. The molecule has 280 valence electrons. The maximum absolute atomic E-state index is 13.6. The van der Waals surface area contributed by atoms with Crippen molar-refractivity contribution < 1.29 is 17.8 Å². The first-order chi connectivity index (χ1) is 25.0. The Kier molecular flexibility index (Phi) is 16.0. The Hall–Kier alpha value is -3.48. The van der Waals surface area contributed by atoms with Gasteiger partial charge in [-0.3, -0.25) is 19.1 Å². The number of para-hydroxylation sites is 1. The molecular weight excluding hydrogens is 709 g/mol. The van der Waals surface area contributed by atoms with Gasteiger partial charge in [-0.15, -0.1) is 0 Å². The smallest absolute Gasteiger partial charge is 0.277 e. The third-order valence-corrected chi connectivity index (χ3v) is 12.2. The molecule has 52 heavy (non-hydrogen) atoms. The van der Waals surface area contributed by atoms with Gasteiger partial charge in [0.15, 0.2) is 5.11 Å². The molecule has 0 saturated carbocycles. The zero-order chi connectivity index (χ0) is 37.7. The molecule has 1 atom stereocenters. The van der Waals surface area contributed by atoms with Crippen molar-refractivity contribution in [2.75, 3.05) is 42.5 Å². The normalized spacial score (nSPS) is 16.9. The van der Waals surface area contributed by atoms with Crippen LogP contribution in [0, 0.1) is 0 Å². The first kappa shape index (κ1) is 41.3. The fourth-order valence-electron chi connectivity index (χ4n) is 6.14. The number of amides is 1. The molecule has 1 saturated heterocycles. The van der Waals surface area contributed by atoms with Crippen LogP contribution in [0.15, 0.2) is 107 Å². The molecule has 0 aromatic heterocycles. The topological polar surface area (TPSA) is 84.4 Å². The third-order valence-electron chi connectivity index (χ3n) is 9.44. The summed E-state index contributed by atoms with van der Waals surface area (Å²) in [6.07, 6.45) is 13.3. The maximum atomic E-state index is 13.6. The average Bonchev–Trinajstić information content (AvgIpc) is 3.60.